The van der Waals surface area contributed by atoms with Crippen molar-refractivity contribution in [2.45, 2.75) is 26.3 Å². The van der Waals surface area contributed by atoms with Crippen LogP contribution in [0.5, 0.6) is 0 Å². The minimum atomic E-state index is 0.137. The highest BCUT2D eigenvalue weighted by Gasteiger charge is 2.14. The zero-order chi connectivity index (χ0) is 13.4. The maximum atomic E-state index is 9.27. The van der Waals surface area contributed by atoms with Gasteiger partial charge in [-0.1, -0.05) is 44.2 Å². The molecule has 0 unspecified atom stereocenters. The Morgan fingerprint density at radius 3 is 2.68 bits per heavy atom. The molecule has 0 amide bonds. The first-order valence-electron chi connectivity index (χ1n) is 6.71. The van der Waals surface area contributed by atoms with Crippen LogP contribution < -0.4 is 0 Å². The van der Waals surface area contributed by atoms with E-state index in [9.17, 15) is 5.11 Å². The first-order chi connectivity index (χ1) is 9.22. The molecule has 3 rings (SSSR count). The summed E-state index contributed by atoms with van der Waals surface area (Å²) in [6.07, 6.45) is 0. The van der Waals surface area contributed by atoms with Crippen LogP contribution in [0.15, 0.2) is 36.4 Å². The van der Waals surface area contributed by atoms with Gasteiger partial charge < -0.3 is 9.67 Å². The van der Waals surface area contributed by atoms with E-state index < -0.39 is 0 Å². The third kappa shape index (κ3) is 1.90. The van der Waals surface area contributed by atoms with Crippen LogP contribution in [0.3, 0.4) is 0 Å². The Kier molecular flexibility index (Phi) is 2.99. The van der Waals surface area contributed by atoms with Crippen LogP contribution in [-0.4, -0.2) is 21.3 Å². The van der Waals surface area contributed by atoms with E-state index in [-0.39, 0.29) is 6.61 Å². The number of imidazole rings is 1. The Morgan fingerprint density at radius 1 is 1.16 bits per heavy atom. The van der Waals surface area contributed by atoms with Gasteiger partial charge in [0.1, 0.15) is 5.82 Å². The molecule has 1 aromatic heterocycles. The van der Waals surface area contributed by atoms with Crippen molar-refractivity contribution in [3.05, 3.63) is 42.2 Å². The average molecular weight is 254 g/mol. The third-order valence-corrected chi connectivity index (χ3v) is 3.51. The third-order valence-electron chi connectivity index (χ3n) is 3.51. The van der Waals surface area contributed by atoms with Gasteiger partial charge in [0.25, 0.3) is 0 Å². The van der Waals surface area contributed by atoms with E-state index in [0.29, 0.717) is 12.5 Å². The molecule has 1 N–H and O–H groups in total. The first-order valence-corrected chi connectivity index (χ1v) is 6.71. The normalized spacial score (nSPS) is 11.8. The number of fused-ring (bicyclic) bond motifs is 3. The van der Waals surface area contributed by atoms with Gasteiger partial charge in [-0.3, -0.25) is 0 Å². The largest absolute Gasteiger partial charge is 0.395 e. The lowest BCUT2D eigenvalue weighted by Gasteiger charge is -2.09. The van der Waals surface area contributed by atoms with Crippen LogP contribution >= 0.6 is 0 Å². The van der Waals surface area contributed by atoms with E-state index in [2.05, 4.69) is 42.7 Å². The second kappa shape index (κ2) is 4.67. The van der Waals surface area contributed by atoms with Crippen molar-refractivity contribution in [1.29, 1.82) is 0 Å². The van der Waals surface area contributed by atoms with Crippen LogP contribution in [0.4, 0.5) is 0 Å². The van der Waals surface area contributed by atoms with Gasteiger partial charge in [0.2, 0.25) is 0 Å². The monoisotopic (exact) mass is 254 g/mol. The summed E-state index contributed by atoms with van der Waals surface area (Å²) in [5.41, 5.74) is 2.15. The molecular formula is C16H18N2O. The molecule has 0 saturated carbocycles. The van der Waals surface area contributed by atoms with Gasteiger partial charge in [-0.25, -0.2) is 4.98 Å². The van der Waals surface area contributed by atoms with E-state index in [1.807, 2.05) is 12.1 Å². The van der Waals surface area contributed by atoms with Gasteiger partial charge in [0.05, 0.1) is 17.6 Å². The highest BCUT2D eigenvalue weighted by atomic mass is 16.3. The Morgan fingerprint density at radius 2 is 1.95 bits per heavy atom. The van der Waals surface area contributed by atoms with Gasteiger partial charge in [0.15, 0.2) is 0 Å². The average Bonchev–Trinajstić information content (AvgIpc) is 2.79. The van der Waals surface area contributed by atoms with Crippen LogP contribution in [0.1, 0.15) is 25.6 Å². The number of benzene rings is 2. The molecule has 0 saturated heterocycles. The predicted octanol–water partition coefficient (Wildman–Crippen LogP) is 3.31. The Labute approximate surface area is 112 Å². The van der Waals surface area contributed by atoms with E-state index in [0.717, 1.165) is 16.9 Å². The molecule has 3 heteroatoms. The van der Waals surface area contributed by atoms with Gasteiger partial charge in [0, 0.05) is 17.8 Å². The van der Waals surface area contributed by atoms with Gasteiger partial charge in [-0.2, -0.15) is 0 Å². The summed E-state index contributed by atoms with van der Waals surface area (Å²) in [6.45, 7) is 5.01. The van der Waals surface area contributed by atoms with Crippen molar-refractivity contribution in [3.63, 3.8) is 0 Å². The van der Waals surface area contributed by atoms with Gasteiger partial charge >= 0.3 is 0 Å². The number of aromatic nitrogens is 2. The zero-order valence-corrected chi connectivity index (χ0v) is 11.3. The molecule has 0 fully saturated rings. The lowest BCUT2D eigenvalue weighted by Crippen LogP contribution is -2.08. The highest BCUT2D eigenvalue weighted by molar-refractivity contribution is 6.04. The maximum absolute atomic E-state index is 9.27. The summed E-state index contributed by atoms with van der Waals surface area (Å²) in [4.78, 5) is 4.81. The summed E-state index contributed by atoms with van der Waals surface area (Å²) in [5, 5.41) is 11.7. The molecular weight excluding hydrogens is 236 g/mol. The van der Waals surface area contributed by atoms with Gasteiger partial charge in [-0.15, -0.1) is 0 Å². The molecule has 3 nitrogen and oxygen atoms in total. The Balaban J connectivity index is 2.38. The second-order valence-electron chi connectivity index (χ2n) is 5.15. The fraction of sp³-hybridized carbons (Fsp3) is 0.312. The number of rotatable bonds is 3. The highest BCUT2D eigenvalue weighted by Crippen LogP contribution is 2.28. The van der Waals surface area contributed by atoms with Crippen LogP contribution in [0.2, 0.25) is 0 Å². The van der Waals surface area contributed by atoms with E-state index in [1.165, 1.54) is 10.8 Å². The molecule has 98 valence electrons. The molecule has 3 aromatic rings. The first kappa shape index (κ1) is 12.2. The number of hydrogen-bond acceptors (Lipinski definition) is 2. The van der Waals surface area contributed by atoms with Crippen molar-refractivity contribution >= 4 is 21.8 Å². The number of nitrogens with zero attached hydrogens (tertiary/aromatic N) is 2. The fourth-order valence-corrected chi connectivity index (χ4v) is 2.65. The van der Waals surface area contributed by atoms with Crippen molar-refractivity contribution in [3.8, 4) is 0 Å². The summed E-state index contributed by atoms with van der Waals surface area (Å²) in [6, 6.07) is 12.5. The molecule has 2 aromatic carbocycles. The Hall–Kier alpha value is -1.87. The van der Waals surface area contributed by atoms with Crippen molar-refractivity contribution in [1.82, 2.24) is 9.55 Å². The van der Waals surface area contributed by atoms with Crippen LogP contribution in [0, 0.1) is 0 Å². The standard InChI is InChI=1S/C16H18N2O/c1-11(2)16-17-15-13-6-4-3-5-12(13)7-8-14(15)18(16)9-10-19/h3-8,11,19H,9-10H2,1-2H3. The molecule has 19 heavy (non-hydrogen) atoms. The number of hydrogen-bond donors (Lipinski definition) is 1. The SMILES string of the molecule is CC(C)c1nc2c3ccccc3ccc2n1CCO. The minimum absolute atomic E-state index is 0.137. The fourth-order valence-electron chi connectivity index (χ4n) is 2.65. The summed E-state index contributed by atoms with van der Waals surface area (Å²) >= 11 is 0. The van der Waals surface area contributed by atoms with Crippen LogP contribution in [0.25, 0.3) is 21.8 Å². The minimum Gasteiger partial charge on any atom is -0.395 e. The second-order valence-corrected chi connectivity index (χ2v) is 5.15. The topological polar surface area (TPSA) is 38.0 Å². The van der Waals surface area contributed by atoms with Gasteiger partial charge in [-0.05, 0) is 11.5 Å². The van der Waals surface area contributed by atoms with E-state index in [4.69, 9.17) is 4.98 Å². The predicted molar refractivity (Wildman–Crippen MR) is 78.4 cm³/mol. The molecule has 1 heterocycles. The molecule has 0 aliphatic rings. The van der Waals surface area contributed by atoms with E-state index >= 15 is 0 Å². The number of aliphatic hydroxyl groups is 1. The summed E-state index contributed by atoms with van der Waals surface area (Å²) in [7, 11) is 0. The molecule has 0 atom stereocenters. The molecule has 0 spiro atoms. The Bertz CT molecular complexity index is 728. The number of aliphatic hydroxyl groups excluding tert-OH is 1. The summed E-state index contributed by atoms with van der Waals surface area (Å²) < 4.78 is 2.13. The van der Waals surface area contributed by atoms with Crippen molar-refractivity contribution in [2.75, 3.05) is 6.61 Å². The molecule has 0 aliphatic carbocycles. The zero-order valence-electron chi connectivity index (χ0n) is 11.3. The van der Waals surface area contributed by atoms with E-state index in [1.54, 1.807) is 0 Å². The maximum Gasteiger partial charge on any atom is 0.112 e. The quantitative estimate of drug-likeness (QED) is 0.778. The van der Waals surface area contributed by atoms with Crippen LogP contribution in [-0.2, 0) is 6.54 Å². The smallest absolute Gasteiger partial charge is 0.112 e. The molecule has 0 aliphatic heterocycles. The summed E-state index contributed by atoms with van der Waals surface area (Å²) in [5.74, 6) is 1.39. The lowest BCUT2D eigenvalue weighted by molar-refractivity contribution is 0.275. The van der Waals surface area contributed by atoms with Crippen molar-refractivity contribution < 1.29 is 5.11 Å². The van der Waals surface area contributed by atoms with Crippen molar-refractivity contribution in [2.24, 2.45) is 0 Å². The molecule has 0 radical (unpaired) electrons. The molecule has 0 bridgehead atoms. The lowest BCUT2D eigenvalue weighted by atomic mass is 10.1.